The molecule has 1 aliphatic heterocycles. The van der Waals surface area contributed by atoms with Crippen LogP contribution < -0.4 is 0 Å². The molecule has 3 heteroatoms. The molecule has 2 aliphatic rings. The van der Waals surface area contributed by atoms with Crippen LogP contribution in [0, 0.1) is 0 Å². The Bertz CT molecular complexity index is 611. The van der Waals surface area contributed by atoms with Crippen LogP contribution in [0.5, 0.6) is 0 Å². The number of aliphatic hydroxyl groups is 1. The summed E-state index contributed by atoms with van der Waals surface area (Å²) in [6, 6.07) is 11.2. The zero-order chi connectivity index (χ0) is 15.0. The van der Waals surface area contributed by atoms with Crippen molar-refractivity contribution in [2.24, 2.45) is 0 Å². The second kappa shape index (κ2) is 5.95. The van der Waals surface area contributed by atoms with Crippen LogP contribution >= 0.6 is 11.3 Å². The van der Waals surface area contributed by atoms with Crippen LogP contribution in [0.25, 0.3) is 10.1 Å². The molecule has 1 unspecified atom stereocenters. The number of piperidine rings is 1. The number of benzene rings is 1. The summed E-state index contributed by atoms with van der Waals surface area (Å²) >= 11 is 1.97. The van der Waals surface area contributed by atoms with Gasteiger partial charge in [-0.15, -0.1) is 11.3 Å². The van der Waals surface area contributed by atoms with Gasteiger partial charge in [0.1, 0.15) is 0 Å². The van der Waals surface area contributed by atoms with Crippen molar-refractivity contribution >= 4 is 21.4 Å². The van der Waals surface area contributed by atoms with E-state index in [-0.39, 0.29) is 11.6 Å². The van der Waals surface area contributed by atoms with E-state index in [0.717, 1.165) is 25.9 Å². The minimum absolute atomic E-state index is 0.137. The quantitative estimate of drug-likeness (QED) is 0.881. The maximum atomic E-state index is 10.2. The van der Waals surface area contributed by atoms with Gasteiger partial charge in [-0.3, -0.25) is 4.90 Å². The minimum atomic E-state index is -0.137. The molecule has 0 bridgehead atoms. The smallest absolute Gasteiger partial charge is 0.0667 e. The van der Waals surface area contributed by atoms with Gasteiger partial charge in [0.25, 0.3) is 0 Å². The highest BCUT2D eigenvalue weighted by Crippen LogP contribution is 2.47. The first-order valence-electron chi connectivity index (χ1n) is 8.70. The lowest BCUT2D eigenvalue weighted by atomic mass is 9.78. The Morgan fingerprint density at radius 2 is 1.91 bits per heavy atom. The van der Waals surface area contributed by atoms with Crippen LogP contribution in [0.1, 0.15) is 49.8 Å². The van der Waals surface area contributed by atoms with Crippen molar-refractivity contribution in [3.8, 4) is 0 Å². The maximum Gasteiger partial charge on any atom is 0.0667 e. The van der Waals surface area contributed by atoms with Crippen molar-refractivity contribution in [1.82, 2.24) is 4.90 Å². The molecule has 1 atom stereocenters. The average molecular weight is 315 g/mol. The fourth-order valence-corrected chi connectivity index (χ4v) is 5.75. The van der Waals surface area contributed by atoms with E-state index < -0.39 is 0 Å². The van der Waals surface area contributed by atoms with Crippen molar-refractivity contribution in [3.05, 3.63) is 35.2 Å². The number of likely N-dealkylation sites (tertiary alicyclic amines) is 1. The zero-order valence-electron chi connectivity index (χ0n) is 13.1. The van der Waals surface area contributed by atoms with Crippen LogP contribution in [0.4, 0.5) is 0 Å². The zero-order valence-corrected chi connectivity index (χ0v) is 13.9. The number of aliphatic hydroxyl groups excluding tert-OH is 1. The molecule has 0 radical (unpaired) electrons. The Balaban J connectivity index is 1.76. The normalized spacial score (nSPS) is 26.3. The highest BCUT2D eigenvalue weighted by atomic mass is 32.1. The van der Waals surface area contributed by atoms with Gasteiger partial charge in [0, 0.05) is 16.1 Å². The second-order valence-electron chi connectivity index (χ2n) is 6.98. The number of hydrogen-bond acceptors (Lipinski definition) is 3. The van der Waals surface area contributed by atoms with Gasteiger partial charge in [0.05, 0.1) is 11.6 Å². The molecule has 1 aliphatic carbocycles. The average Bonchev–Trinajstić information content (AvgIpc) is 3.00. The molecule has 0 amide bonds. The molecule has 0 spiro atoms. The Kier molecular flexibility index (Phi) is 3.97. The molecule has 118 valence electrons. The lowest BCUT2D eigenvalue weighted by Gasteiger charge is -2.48. The van der Waals surface area contributed by atoms with E-state index in [1.54, 1.807) is 0 Å². The summed E-state index contributed by atoms with van der Waals surface area (Å²) in [4.78, 5) is 4.15. The van der Waals surface area contributed by atoms with E-state index in [4.69, 9.17) is 0 Å². The number of β-amino-alcohol motifs (C(OH)–C–C–N with tert-alkyl or cyclic N) is 1. The van der Waals surface area contributed by atoms with Gasteiger partial charge in [-0.25, -0.2) is 0 Å². The Hall–Kier alpha value is -0.900. The van der Waals surface area contributed by atoms with Gasteiger partial charge >= 0.3 is 0 Å². The third kappa shape index (κ3) is 2.49. The highest BCUT2D eigenvalue weighted by molar-refractivity contribution is 7.19. The van der Waals surface area contributed by atoms with E-state index in [2.05, 4.69) is 35.2 Å². The number of rotatable bonds is 2. The van der Waals surface area contributed by atoms with Crippen molar-refractivity contribution in [2.45, 2.75) is 56.6 Å². The van der Waals surface area contributed by atoms with Crippen LogP contribution in [0.15, 0.2) is 30.3 Å². The summed E-state index contributed by atoms with van der Waals surface area (Å²) < 4.78 is 1.40. The summed E-state index contributed by atoms with van der Waals surface area (Å²) in [5.41, 5.74) is 0.184. The summed E-state index contributed by atoms with van der Waals surface area (Å²) in [6.07, 6.45) is 8.48. The number of hydrogen-bond donors (Lipinski definition) is 1. The van der Waals surface area contributed by atoms with Crippen molar-refractivity contribution in [3.63, 3.8) is 0 Å². The highest BCUT2D eigenvalue weighted by Gasteiger charge is 2.42. The molecule has 2 heterocycles. The van der Waals surface area contributed by atoms with Crippen LogP contribution in [0.2, 0.25) is 0 Å². The molecule has 1 N–H and O–H groups in total. The Labute approximate surface area is 136 Å². The molecule has 1 saturated heterocycles. The molecule has 22 heavy (non-hydrogen) atoms. The van der Waals surface area contributed by atoms with Gasteiger partial charge in [-0.2, -0.15) is 0 Å². The molecule has 1 aromatic heterocycles. The van der Waals surface area contributed by atoms with Gasteiger partial charge in [0.2, 0.25) is 0 Å². The van der Waals surface area contributed by atoms with Crippen LogP contribution in [-0.4, -0.2) is 29.2 Å². The largest absolute Gasteiger partial charge is 0.392 e. The Morgan fingerprint density at radius 3 is 2.68 bits per heavy atom. The van der Waals surface area contributed by atoms with Gasteiger partial charge in [0.15, 0.2) is 0 Å². The Morgan fingerprint density at radius 1 is 1.09 bits per heavy atom. The van der Waals surface area contributed by atoms with Crippen molar-refractivity contribution in [1.29, 1.82) is 0 Å². The lowest BCUT2D eigenvalue weighted by Crippen LogP contribution is -2.52. The van der Waals surface area contributed by atoms with Gasteiger partial charge in [-0.05, 0) is 49.7 Å². The summed E-state index contributed by atoms with van der Waals surface area (Å²) in [6.45, 7) is 2.00. The molecular weight excluding hydrogens is 290 g/mol. The third-order valence-electron chi connectivity index (χ3n) is 5.57. The van der Waals surface area contributed by atoms with Crippen LogP contribution in [-0.2, 0) is 5.54 Å². The van der Waals surface area contributed by atoms with Gasteiger partial charge in [-0.1, -0.05) is 37.5 Å². The fraction of sp³-hybridized carbons (Fsp3) is 0.579. The van der Waals surface area contributed by atoms with E-state index in [0.29, 0.717) is 0 Å². The molecule has 2 fully saturated rings. The predicted molar refractivity (Wildman–Crippen MR) is 93.4 cm³/mol. The number of nitrogens with zero attached hydrogens (tertiary/aromatic N) is 1. The van der Waals surface area contributed by atoms with Crippen molar-refractivity contribution < 1.29 is 5.11 Å². The molecule has 1 saturated carbocycles. The molecule has 2 aromatic rings. The molecular formula is C19H25NOS. The van der Waals surface area contributed by atoms with E-state index in [9.17, 15) is 5.11 Å². The lowest BCUT2D eigenvalue weighted by molar-refractivity contribution is -0.0193. The van der Waals surface area contributed by atoms with E-state index in [1.807, 2.05) is 11.3 Å². The number of thiophene rings is 1. The predicted octanol–water partition coefficient (Wildman–Crippen LogP) is 4.52. The summed E-state index contributed by atoms with van der Waals surface area (Å²) in [7, 11) is 0. The second-order valence-corrected chi connectivity index (χ2v) is 8.07. The maximum absolute atomic E-state index is 10.2. The standard InChI is InChI=1S/C19H25NOS/c21-16-8-6-12-20(14-16)19(10-4-1-5-11-19)18-13-15-7-2-3-9-17(15)22-18/h2-3,7,9,13,16,21H,1,4-6,8,10-12,14H2. The minimum Gasteiger partial charge on any atom is -0.392 e. The summed E-state index contributed by atoms with van der Waals surface area (Å²) in [5.74, 6) is 0. The van der Waals surface area contributed by atoms with Crippen LogP contribution in [0.3, 0.4) is 0 Å². The molecule has 2 nitrogen and oxygen atoms in total. The van der Waals surface area contributed by atoms with Crippen molar-refractivity contribution in [2.75, 3.05) is 13.1 Å². The van der Waals surface area contributed by atoms with E-state index >= 15 is 0 Å². The monoisotopic (exact) mass is 315 g/mol. The molecule has 4 rings (SSSR count). The molecule has 1 aromatic carbocycles. The first-order valence-corrected chi connectivity index (χ1v) is 9.52. The topological polar surface area (TPSA) is 23.5 Å². The number of fused-ring (bicyclic) bond motifs is 1. The first-order chi connectivity index (χ1) is 10.8. The fourth-order valence-electron chi connectivity index (χ4n) is 4.41. The SMILES string of the molecule is OC1CCCN(C2(c3cc4ccccc4s3)CCCCC2)C1. The third-order valence-corrected chi connectivity index (χ3v) is 6.88. The summed E-state index contributed by atoms with van der Waals surface area (Å²) in [5, 5.41) is 11.6. The van der Waals surface area contributed by atoms with E-state index in [1.165, 1.54) is 47.1 Å². The van der Waals surface area contributed by atoms with Gasteiger partial charge < -0.3 is 5.11 Å². The first kappa shape index (κ1) is 14.7.